The SMILES string of the molecule is CCCNc1cc(NC(CO)(CO)CO)nc(COC)n1. The number of aromatic nitrogens is 2. The molecule has 0 spiro atoms. The molecule has 0 bridgehead atoms. The molecule has 8 nitrogen and oxygen atoms in total. The summed E-state index contributed by atoms with van der Waals surface area (Å²) < 4.78 is 5.02. The van der Waals surface area contributed by atoms with Gasteiger partial charge >= 0.3 is 0 Å². The van der Waals surface area contributed by atoms with E-state index in [1.165, 1.54) is 0 Å². The van der Waals surface area contributed by atoms with Crippen LogP contribution in [0.5, 0.6) is 0 Å². The Morgan fingerprint density at radius 3 is 2.29 bits per heavy atom. The third kappa shape index (κ3) is 5.09. The number of anilines is 2. The molecule has 1 aromatic heterocycles. The van der Waals surface area contributed by atoms with E-state index in [1.54, 1.807) is 13.2 Å². The van der Waals surface area contributed by atoms with Gasteiger partial charge in [-0.15, -0.1) is 0 Å². The first-order chi connectivity index (χ1) is 10.1. The van der Waals surface area contributed by atoms with Gasteiger partial charge in [-0.3, -0.25) is 0 Å². The predicted molar refractivity (Wildman–Crippen MR) is 79.1 cm³/mol. The molecule has 0 aromatic carbocycles. The molecule has 0 aliphatic carbocycles. The Hall–Kier alpha value is -1.48. The molecule has 0 radical (unpaired) electrons. The summed E-state index contributed by atoms with van der Waals surface area (Å²) >= 11 is 0. The first kappa shape index (κ1) is 17.6. The number of ether oxygens (including phenoxy) is 1. The van der Waals surface area contributed by atoms with E-state index >= 15 is 0 Å². The summed E-state index contributed by atoms with van der Waals surface area (Å²) in [5.74, 6) is 1.47. The van der Waals surface area contributed by atoms with Crippen LogP contribution in [-0.2, 0) is 11.3 Å². The summed E-state index contributed by atoms with van der Waals surface area (Å²) in [6.45, 7) is 1.75. The second-order valence-electron chi connectivity index (χ2n) is 4.79. The number of aliphatic hydroxyl groups is 3. The highest BCUT2D eigenvalue weighted by molar-refractivity contribution is 5.49. The van der Waals surface area contributed by atoms with Crippen LogP contribution in [0.25, 0.3) is 0 Å². The van der Waals surface area contributed by atoms with Crippen molar-refractivity contribution in [3.05, 3.63) is 11.9 Å². The molecule has 1 heterocycles. The quantitative estimate of drug-likeness (QED) is 0.395. The molecule has 0 unspecified atom stereocenters. The number of hydrogen-bond donors (Lipinski definition) is 5. The fraction of sp³-hybridized carbons (Fsp3) is 0.692. The minimum atomic E-state index is -1.24. The second kappa shape index (κ2) is 8.73. The molecular weight excluding hydrogens is 276 g/mol. The van der Waals surface area contributed by atoms with E-state index < -0.39 is 25.4 Å². The topological polar surface area (TPSA) is 120 Å². The fourth-order valence-electron chi connectivity index (χ4n) is 1.64. The summed E-state index contributed by atoms with van der Waals surface area (Å²) in [6.07, 6.45) is 0.945. The molecule has 21 heavy (non-hydrogen) atoms. The van der Waals surface area contributed by atoms with Gasteiger partial charge in [0.25, 0.3) is 0 Å². The zero-order valence-electron chi connectivity index (χ0n) is 12.5. The van der Waals surface area contributed by atoms with Gasteiger partial charge in [0, 0.05) is 19.7 Å². The molecule has 0 aliphatic heterocycles. The lowest BCUT2D eigenvalue weighted by Crippen LogP contribution is -2.49. The van der Waals surface area contributed by atoms with Crippen molar-refractivity contribution in [2.24, 2.45) is 0 Å². The Morgan fingerprint density at radius 1 is 1.14 bits per heavy atom. The van der Waals surface area contributed by atoms with E-state index in [-0.39, 0.29) is 6.61 Å². The van der Waals surface area contributed by atoms with Crippen LogP contribution in [0.2, 0.25) is 0 Å². The van der Waals surface area contributed by atoms with Gasteiger partial charge in [-0.25, -0.2) is 9.97 Å². The monoisotopic (exact) mass is 300 g/mol. The number of methoxy groups -OCH3 is 1. The van der Waals surface area contributed by atoms with Crippen molar-refractivity contribution in [2.75, 3.05) is 44.1 Å². The lowest BCUT2D eigenvalue weighted by molar-refractivity contribution is 0.0830. The van der Waals surface area contributed by atoms with Gasteiger partial charge in [0.05, 0.1) is 19.8 Å². The summed E-state index contributed by atoms with van der Waals surface area (Å²) in [5, 5.41) is 34.1. The van der Waals surface area contributed by atoms with Crippen molar-refractivity contribution >= 4 is 11.6 Å². The highest BCUT2D eigenvalue weighted by atomic mass is 16.5. The van der Waals surface area contributed by atoms with Crippen LogP contribution in [-0.4, -0.2) is 64.3 Å². The van der Waals surface area contributed by atoms with Crippen LogP contribution in [0.4, 0.5) is 11.6 Å². The smallest absolute Gasteiger partial charge is 0.158 e. The average Bonchev–Trinajstić information content (AvgIpc) is 2.51. The third-order valence-corrected chi connectivity index (χ3v) is 2.90. The molecule has 0 atom stereocenters. The van der Waals surface area contributed by atoms with Crippen LogP contribution >= 0.6 is 0 Å². The van der Waals surface area contributed by atoms with Crippen molar-refractivity contribution in [3.63, 3.8) is 0 Å². The van der Waals surface area contributed by atoms with Gasteiger partial charge < -0.3 is 30.7 Å². The molecule has 0 saturated heterocycles. The summed E-state index contributed by atoms with van der Waals surface area (Å²) in [6, 6.07) is 1.66. The molecular formula is C13H24N4O4. The molecule has 1 aromatic rings. The molecule has 5 N–H and O–H groups in total. The number of hydrogen-bond acceptors (Lipinski definition) is 8. The first-order valence-corrected chi connectivity index (χ1v) is 6.84. The lowest BCUT2D eigenvalue weighted by atomic mass is 10.0. The standard InChI is InChI=1S/C13H24N4O4/c1-3-4-14-10-5-11(16-12(15-10)6-21-2)17-13(7-18,8-19)9-20/h5,18-20H,3-4,6-9H2,1-2H3,(H2,14,15,16,17). The van der Waals surface area contributed by atoms with E-state index in [1.807, 2.05) is 6.92 Å². The largest absolute Gasteiger partial charge is 0.394 e. The van der Waals surface area contributed by atoms with Crippen molar-refractivity contribution in [1.82, 2.24) is 9.97 Å². The Bertz CT molecular complexity index is 418. The van der Waals surface area contributed by atoms with Gasteiger partial charge in [-0.2, -0.15) is 0 Å². The molecule has 120 valence electrons. The van der Waals surface area contributed by atoms with E-state index in [0.717, 1.165) is 13.0 Å². The van der Waals surface area contributed by atoms with Crippen LogP contribution in [0.3, 0.4) is 0 Å². The Labute approximate surface area is 124 Å². The maximum atomic E-state index is 9.36. The maximum Gasteiger partial charge on any atom is 0.158 e. The highest BCUT2D eigenvalue weighted by Crippen LogP contribution is 2.17. The Morgan fingerprint density at radius 2 is 1.76 bits per heavy atom. The molecule has 0 fully saturated rings. The second-order valence-corrected chi connectivity index (χ2v) is 4.79. The van der Waals surface area contributed by atoms with E-state index in [9.17, 15) is 15.3 Å². The zero-order chi connectivity index (χ0) is 15.7. The predicted octanol–water partition coefficient (Wildman–Crippen LogP) is -0.427. The minimum absolute atomic E-state index is 0.237. The van der Waals surface area contributed by atoms with Crippen molar-refractivity contribution in [2.45, 2.75) is 25.5 Å². The van der Waals surface area contributed by atoms with Gasteiger partial charge in [-0.1, -0.05) is 6.92 Å². The average molecular weight is 300 g/mol. The van der Waals surface area contributed by atoms with Crippen molar-refractivity contribution in [1.29, 1.82) is 0 Å². The van der Waals surface area contributed by atoms with Crippen LogP contribution in [0.1, 0.15) is 19.2 Å². The normalized spacial score (nSPS) is 11.5. The van der Waals surface area contributed by atoms with E-state index in [0.29, 0.717) is 17.5 Å². The van der Waals surface area contributed by atoms with Crippen molar-refractivity contribution in [3.8, 4) is 0 Å². The third-order valence-electron chi connectivity index (χ3n) is 2.90. The van der Waals surface area contributed by atoms with E-state index in [4.69, 9.17) is 4.74 Å². The van der Waals surface area contributed by atoms with Gasteiger partial charge in [0.1, 0.15) is 23.8 Å². The summed E-state index contributed by atoms with van der Waals surface area (Å²) in [4.78, 5) is 8.53. The zero-order valence-corrected chi connectivity index (χ0v) is 12.5. The molecule has 0 saturated carbocycles. The van der Waals surface area contributed by atoms with Crippen LogP contribution < -0.4 is 10.6 Å². The maximum absolute atomic E-state index is 9.36. The van der Waals surface area contributed by atoms with Crippen LogP contribution in [0, 0.1) is 0 Å². The van der Waals surface area contributed by atoms with E-state index in [2.05, 4.69) is 20.6 Å². The fourth-order valence-corrected chi connectivity index (χ4v) is 1.64. The van der Waals surface area contributed by atoms with Crippen LogP contribution in [0.15, 0.2) is 6.07 Å². The Kier molecular flexibility index (Phi) is 7.30. The highest BCUT2D eigenvalue weighted by Gasteiger charge is 2.28. The number of rotatable bonds is 10. The molecule has 0 amide bonds. The lowest BCUT2D eigenvalue weighted by Gasteiger charge is -2.29. The molecule has 0 aliphatic rings. The number of nitrogens with one attached hydrogen (secondary N) is 2. The van der Waals surface area contributed by atoms with Crippen molar-refractivity contribution < 1.29 is 20.1 Å². The number of nitrogens with zero attached hydrogens (tertiary/aromatic N) is 2. The molecule has 1 rings (SSSR count). The van der Waals surface area contributed by atoms with Gasteiger partial charge in [-0.05, 0) is 6.42 Å². The molecule has 8 heteroatoms. The van der Waals surface area contributed by atoms with Gasteiger partial charge in [0.2, 0.25) is 0 Å². The minimum Gasteiger partial charge on any atom is -0.394 e. The Balaban J connectivity index is 3.00. The van der Waals surface area contributed by atoms with Gasteiger partial charge in [0.15, 0.2) is 5.82 Å². The first-order valence-electron chi connectivity index (χ1n) is 6.84. The summed E-state index contributed by atoms with van der Waals surface area (Å²) in [5.41, 5.74) is -1.24. The number of aliphatic hydroxyl groups excluding tert-OH is 3. The summed E-state index contributed by atoms with van der Waals surface area (Å²) in [7, 11) is 1.54.